The zero-order valence-corrected chi connectivity index (χ0v) is 61.2. The van der Waals surface area contributed by atoms with Gasteiger partial charge in [-0.15, -0.1) is 0 Å². The molecule has 0 saturated carbocycles. The van der Waals surface area contributed by atoms with Crippen molar-refractivity contribution in [3.63, 3.8) is 0 Å². The van der Waals surface area contributed by atoms with Gasteiger partial charge in [-0.3, -0.25) is 0 Å². The van der Waals surface area contributed by atoms with Gasteiger partial charge in [-0.1, -0.05) is 194 Å². The molecule has 0 atom stereocenters. The molecule has 20 aromatic rings. The summed E-state index contributed by atoms with van der Waals surface area (Å²) in [5.74, 6) is 0. The highest BCUT2D eigenvalue weighted by Gasteiger charge is 2.25. The molecule has 10 heterocycles. The number of benzene rings is 10. The van der Waals surface area contributed by atoms with Crippen molar-refractivity contribution in [1.82, 2.24) is 22.0 Å². The molecular weight excluding hydrogens is 1280 g/mol. The minimum Gasteiger partial charge on any atom is -0.305 e. The number of aromatic nitrogens is 10. The average Bonchev–Trinajstić information content (AvgIpc) is 1.62. The second-order valence-electron chi connectivity index (χ2n) is 27.6. The third-order valence-electron chi connectivity index (χ3n) is 21.0. The molecule has 0 N–H and O–H groups in total. The Morgan fingerprint density at radius 2 is 0.743 bits per heavy atom. The number of pyridine rings is 1. The number of rotatable bonds is 5. The van der Waals surface area contributed by atoms with Gasteiger partial charge in [-0.2, -0.15) is 22.2 Å². The first kappa shape index (κ1) is 66.5. The van der Waals surface area contributed by atoms with Crippen LogP contribution in [0.1, 0.15) is 27.8 Å². The van der Waals surface area contributed by atoms with Crippen LogP contribution in [-0.2, 0) is 35.2 Å². The van der Waals surface area contributed by atoms with Crippen LogP contribution in [-0.4, -0.2) is 22.0 Å². The van der Waals surface area contributed by atoms with Crippen LogP contribution in [0.3, 0.4) is 0 Å². The van der Waals surface area contributed by atoms with Gasteiger partial charge in [0.1, 0.15) is 58.4 Å². The monoisotopic (exact) mass is 1370 g/mol. The lowest BCUT2D eigenvalue weighted by atomic mass is 9.99. The van der Waals surface area contributed by atoms with Crippen molar-refractivity contribution in [3.8, 4) is 56.0 Å². The van der Waals surface area contributed by atoms with Gasteiger partial charge in [0.05, 0.1) is 69.0 Å². The average molecular weight is 1370 g/mol. The molecule has 0 radical (unpaired) electrons. The summed E-state index contributed by atoms with van der Waals surface area (Å²) in [6.45, 7) is 10.8. The second-order valence-corrected chi connectivity index (χ2v) is 27.6. The summed E-state index contributed by atoms with van der Waals surface area (Å²) in [5.41, 5.74) is 32.9. The van der Waals surface area contributed by atoms with Crippen LogP contribution in [0, 0.1) is 34.6 Å². The molecule has 0 aliphatic rings. The van der Waals surface area contributed by atoms with Gasteiger partial charge >= 0.3 is 0 Å². The Morgan fingerprint density at radius 3 is 1.38 bits per heavy atom. The van der Waals surface area contributed by atoms with Crippen LogP contribution in [0.15, 0.2) is 335 Å². The Morgan fingerprint density at radius 1 is 0.267 bits per heavy atom. The molecule has 20 rings (SSSR count). The highest BCUT2D eigenvalue weighted by atomic mass is 15.1. The number of imidazole rings is 1. The van der Waals surface area contributed by atoms with Crippen molar-refractivity contribution in [2.45, 2.75) is 34.6 Å². The van der Waals surface area contributed by atoms with Crippen molar-refractivity contribution in [1.29, 1.82) is 0 Å². The molecule has 0 unspecified atom stereocenters. The van der Waals surface area contributed by atoms with E-state index in [1.165, 1.54) is 166 Å². The Balaban J connectivity index is 0.000000101. The predicted molar refractivity (Wildman–Crippen MR) is 431 cm³/mol. The maximum atomic E-state index is 2.27. The molecule has 510 valence electrons. The van der Waals surface area contributed by atoms with E-state index in [4.69, 9.17) is 0 Å². The molecule has 0 aliphatic carbocycles. The molecule has 10 nitrogen and oxygen atoms in total. The zero-order chi connectivity index (χ0) is 72.0. The van der Waals surface area contributed by atoms with E-state index in [2.05, 4.69) is 449 Å². The first-order chi connectivity index (χ1) is 51.3. The summed E-state index contributed by atoms with van der Waals surface area (Å²) in [6.07, 6.45) is 15.0. The summed E-state index contributed by atoms with van der Waals surface area (Å²) in [4.78, 5) is 0. The molecule has 10 aromatic carbocycles. The molecule has 105 heavy (non-hydrogen) atoms. The Hall–Kier alpha value is -13.1. The summed E-state index contributed by atoms with van der Waals surface area (Å²) in [6, 6.07) is 103. The van der Waals surface area contributed by atoms with E-state index in [1.54, 1.807) is 0 Å². The third-order valence-corrected chi connectivity index (χ3v) is 21.0. The standard InChI is InChI=1S/5C19H17N2/c1-14-7-3-5-9-17(14)19-12-16-11-15-8-4-6-10-18(15)21(16)13-20(19)2;1-14-7-3-5-9-16(14)19-18-13-15-8-4-6-10-17(15)21(18)12-11-20(19)2;1-14-7-3-5-9-16(14)18-11-12-21-17-10-6-4-8-15(17)13-19(21)20(18)2;1-14-8-3-4-9-15(14)16-10-7-13-21-18-12-6-5-11-17(18)20(2)19(16)21;1-14-8-3-4-9-15(14)18-16-10-5-6-11-17(16)21-13-7-12-20(2)19(18)21/h5*3-13H,1-2H3/q5*+1. The van der Waals surface area contributed by atoms with Crippen molar-refractivity contribution in [2.75, 3.05) is 0 Å². The molecule has 0 bridgehead atoms. The normalized spacial score (nSPS) is 11.3. The third kappa shape index (κ3) is 12.2. The van der Waals surface area contributed by atoms with E-state index >= 15 is 0 Å². The van der Waals surface area contributed by atoms with Crippen molar-refractivity contribution in [3.05, 3.63) is 363 Å². The largest absolute Gasteiger partial charge is 0.305 e. The van der Waals surface area contributed by atoms with Crippen LogP contribution in [0.4, 0.5) is 0 Å². The maximum absolute atomic E-state index is 2.27. The van der Waals surface area contributed by atoms with Gasteiger partial charge in [0.25, 0.3) is 16.9 Å². The lowest BCUT2D eigenvalue weighted by Gasteiger charge is -2.07. The van der Waals surface area contributed by atoms with Gasteiger partial charge < -0.3 is 4.40 Å². The van der Waals surface area contributed by atoms with E-state index in [1.807, 2.05) is 0 Å². The number of fused-ring (bicyclic) bond motifs is 15. The first-order valence-corrected chi connectivity index (χ1v) is 36.0. The topological polar surface area (TPSA) is 41.4 Å². The number of nitrogens with zero attached hydrogens (tertiary/aromatic N) is 10. The Labute approximate surface area is 612 Å². The van der Waals surface area contributed by atoms with Crippen molar-refractivity contribution >= 4 is 82.6 Å². The lowest BCUT2D eigenvalue weighted by Crippen LogP contribution is -2.33. The van der Waals surface area contributed by atoms with E-state index in [0.717, 1.165) is 0 Å². The fourth-order valence-corrected chi connectivity index (χ4v) is 15.6. The fraction of sp³-hybridized carbons (Fsp3) is 0.105. The summed E-state index contributed by atoms with van der Waals surface area (Å²) in [5, 5.41) is 5.13. The Kier molecular flexibility index (Phi) is 17.8. The minimum atomic E-state index is 1.21. The van der Waals surface area contributed by atoms with Crippen molar-refractivity contribution < 1.29 is 22.8 Å². The first-order valence-electron chi connectivity index (χ1n) is 36.0. The molecule has 0 saturated heterocycles. The van der Waals surface area contributed by atoms with Crippen LogP contribution < -0.4 is 22.8 Å². The van der Waals surface area contributed by atoms with E-state index in [0.29, 0.717) is 0 Å². The van der Waals surface area contributed by atoms with Crippen molar-refractivity contribution in [2.24, 2.45) is 35.2 Å². The molecule has 0 spiro atoms. The van der Waals surface area contributed by atoms with E-state index in [-0.39, 0.29) is 0 Å². The number of hydrogen-bond donors (Lipinski definition) is 0. The summed E-state index contributed by atoms with van der Waals surface area (Å²) < 4.78 is 22.5. The van der Waals surface area contributed by atoms with Crippen LogP contribution in [0.25, 0.3) is 139 Å². The van der Waals surface area contributed by atoms with Crippen LogP contribution in [0.5, 0.6) is 0 Å². The van der Waals surface area contributed by atoms with Gasteiger partial charge in [-0.05, 0) is 146 Å². The predicted octanol–water partition coefficient (Wildman–Crippen LogP) is 19.5. The van der Waals surface area contributed by atoms with Gasteiger partial charge in [-0.25, -0.2) is 18.3 Å². The van der Waals surface area contributed by atoms with E-state index < -0.39 is 0 Å². The van der Waals surface area contributed by atoms with Crippen LogP contribution in [0.2, 0.25) is 0 Å². The smallest absolute Gasteiger partial charge is 0.294 e. The van der Waals surface area contributed by atoms with Crippen LogP contribution >= 0.6 is 0 Å². The van der Waals surface area contributed by atoms with Gasteiger partial charge in [0, 0.05) is 56.9 Å². The summed E-state index contributed by atoms with van der Waals surface area (Å²) in [7, 11) is 10.6. The maximum Gasteiger partial charge on any atom is 0.294 e. The molecular formula is C95H85N10+5. The minimum absolute atomic E-state index is 1.21. The molecule has 10 aromatic heterocycles. The molecule has 0 amide bonds. The number of aryl methyl sites for hydroxylation is 10. The van der Waals surface area contributed by atoms with Gasteiger partial charge in [0.15, 0.2) is 17.2 Å². The quantitative estimate of drug-likeness (QED) is 0.154. The molecule has 10 heteroatoms. The van der Waals surface area contributed by atoms with Gasteiger partial charge in [0.2, 0.25) is 12.0 Å². The highest BCUT2D eigenvalue weighted by molar-refractivity contribution is 6.04. The fourth-order valence-electron chi connectivity index (χ4n) is 15.6. The zero-order valence-electron chi connectivity index (χ0n) is 61.2. The summed E-state index contributed by atoms with van der Waals surface area (Å²) >= 11 is 0. The molecule has 0 fully saturated rings. The van der Waals surface area contributed by atoms with E-state index in [9.17, 15) is 0 Å². The Bertz CT molecular complexity index is 6630. The molecule has 0 aliphatic heterocycles. The SMILES string of the molecule is Cc1ccccc1-c1c2cc3ccccc3n2cc[n+]1C.Cc1ccccc1-c1c2ccccc2n2ccc[n+](C)c12.Cc1ccccc1-c1cc2cc3ccccc3n2c[n+]1C.Cc1ccccc1-c1cccn2c3ccccc3[n+](C)c12.Cc1ccccc1-c1ccn2c3ccccc3cc2[n+]1C. The lowest BCUT2D eigenvalue weighted by molar-refractivity contribution is -0.663. The highest BCUT2D eigenvalue weighted by Crippen LogP contribution is 2.37. The second kappa shape index (κ2) is 28.1. The number of hydrogen-bond acceptors (Lipinski definition) is 0. The number of para-hydroxylation sites is 6.